The van der Waals surface area contributed by atoms with Crippen LogP contribution in [0, 0.1) is 13.8 Å². The maximum Gasteiger partial charge on any atom is 0.374 e. The minimum atomic E-state index is -3.60. The molecule has 0 saturated carbocycles. The van der Waals surface area contributed by atoms with Crippen LogP contribution in [0.3, 0.4) is 0 Å². The first-order chi connectivity index (χ1) is 10.5. The Balaban J connectivity index is 3.09. The molecule has 9 heteroatoms. The summed E-state index contributed by atoms with van der Waals surface area (Å²) >= 11 is 0. The second-order valence-electron chi connectivity index (χ2n) is 5.45. The smallest absolute Gasteiger partial charge is 0.374 e. The van der Waals surface area contributed by atoms with Crippen LogP contribution in [0.5, 0.6) is 5.75 Å². The first-order valence-electron chi connectivity index (χ1n) is 7.05. The lowest BCUT2D eigenvalue weighted by Gasteiger charge is -2.20. The Morgan fingerprint density at radius 1 is 1.35 bits per heavy atom. The van der Waals surface area contributed by atoms with Crippen LogP contribution in [-0.2, 0) is 26.1 Å². The number of nitrogens with one attached hydrogen (secondary N) is 1. The van der Waals surface area contributed by atoms with Gasteiger partial charge in [-0.15, -0.1) is 0 Å². The molecule has 1 aromatic rings. The first-order valence-corrected chi connectivity index (χ1v) is 8.86. The van der Waals surface area contributed by atoms with E-state index in [-0.39, 0.29) is 5.75 Å². The summed E-state index contributed by atoms with van der Waals surface area (Å²) < 4.78 is 32.0. The van der Waals surface area contributed by atoms with Crippen molar-refractivity contribution in [3.63, 3.8) is 0 Å². The average Bonchev–Trinajstić information content (AvgIpc) is 2.38. The van der Waals surface area contributed by atoms with E-state index in [2.05, 4.69) is 5.23 Å². The van der Waals surface area contributed by atoms with Crippen LogP contribution in [0.4, 0.5) is 0 Å². The van der Waals surface area contributed by atoms with E-state index in [0.29, 0.717) is 6.42 Å². The number of benzene rings is 1. The lowest BCUT2D eigenvalue weighted by Crippen LogP contribution is -2.46. The van der Waals surface area contributed by atoms with E-state index >= 15 is 0 Å². The predicted octanol–water partition coefficient (Wildman–Crippen LogP) is 0.426. The summed E-state index contributed by atoms with van der Waals surface area (Å²) in [7, 11) is -3.19. The van der Waals surface area contributed by atoms with E-state index < -0.39 is 29.2 Å². The molecule has 1 aromatic carbocycles. The predicted molar refractivity (Wildman–Crippen MR) is 87.9 cm³/mol. The standard InChI is InChI=1S/C14H22BNO6S/c1-9-6-11(22-23(5,19)20)7-10(2)12(9)8-13(14(17)21-4)16-15(3)18/h6-7,13,16,18H,8H2,1-5H3/t13-/m0/s1. The van der Waals surface area contributed by atoms with Crippen LogP contribution in [0.1, 0.15) is 16.7 Å². The molecule has 0 aromatic heterocycles. The number of hydrogen-bond donors (Lipinski definition) is 2. The Kier molecular flexibility index (Phi) is 6.61. The second-order valence-corrected chi connectivity index (χ2v) is 7.02. The van der Waals surface area contributed by atoms with Crippen molar-refractivity contribution in [3.05, 3.63) is 28.8 Å². The van der Waals surface area contributed by atoms with Crippen molar-refractivity contribution in [2.24, 2.45) is 0 Å². The van der Waals surface area contributed by atoms with Crippen molar-refractivity contribution in [2.45, 2.75) is 33.1 Å². The maximum atomic E-state index is 11.8. The number of methoxy groups -OCH3 is 1. The van der Waals surface area contributed by atoms with Crippen LogP contribution >= 0.6 is 0 Å². The van der Waals surface area contributed by atoms with Crippen LogP contribution in [-0.4, -0.2) is 45.9 Å². The molecule has 0 aliphatic rings. The molecular formula is C14H22BNO6S. The van der Waals surface area contributed by atoms with Gasteiger partial charge in [-0.25, -0.2) is 0 Å². The molecule has 0 unspecified atom stereocenters. The molecule has 0 aliphatic heterocycles. The highest BCUT2D eigenvalue weighted by atomic mass is 32.2. The molecule has 0 spiro atoms. The minimum absolute atomic E-state index is 0.226. The Morgan fingerprint density at radius 3 is 2.26 bits per heavy atom. The molecule has 128 valence electrons. The number of aryl methyl sites for hydroxylation is 2. The molecule has 23 heavy (non-hydrogen) atoms. The van der Waals surface area contributed by atoms with Crippen LogP contribution in [0.15, 0.2) is 12.1 Å². The van der Waals surface area contributed by atoms with Gasteiger partial charge < -0.3 is 19.2 Å². The van der Waals surface area contributed by atoms with Crippen LogP contribution in [0.25, 0.3) is 0 Å². The first kappa shape index (κ1) is 19.5. The molecule has 7 nitrogen and oxygen atoms in total. The fourth-order valence-corrected chi connectivity index (χ4v) is 2.79. The molecule has 0 saturated heterocycles. The topological polar surface area (TPSA) is 102 Å². The molecule has 2 N–H and O–H groups in total. The summed E-state index contributed by atoms with van der Waals surface area (Å²) in [6.45, 7) is 5.11. The zero-order valence-electron chi connectivity index (χ0n) is 13.9. The van der Waals surface area contributed by atoms with Crippen LogP contribution < -0.4 is 9.41 Å². The van der Waals surface area contributed by atoms with Crippen LogP contribution in [0.2, 0.25) is 6.82 Å². The van der Waals surface area contributed by atoms with E-state index in [1.165, 1.54) is 13.9 Å². The summed E-state index contributed by atoms with van der Waals surface area (Å²) in [6.07, 6.45) is 1.28. The highest BCUT2D eigenvalue weighted by Gasteiger charge is 2.24. The van der Waals surface area contributed by atoms with Gasteiger partial charge in [0, 0.05) is 0 Å². The molecule has 0 radical (unpaired) electrons. The van der Waals surface area contributed by atoms with Crippen molar-refractivity contribution < 1.29 is 27.2 Å². The van der Waals surface area contributed by atoms with Crippen molar-refractivity contribution in [1.82, 2.24) is 5.23 Å². The fourth-order valence-electron chi connectivity index (χ4n) is 2.35. The summed E-state index contributed by atoms with van der Waals surface area (Å²) in [5.41, 5.74) is 2.42. The van der Waals surface area contributed by atoms with Crippen molar-refractivity contribution in [1.29, 1.82) is 0 Å². The molecule has 0 amide bonds. The number of esters is 1. The van der Waals surface area contributed by atoms with Gasteiger partial charge in [0.15, 0.2) is 0 Å². The minimum Gasteiger partial charge on any atom is -0.468 e. The van der Waals surface area contributed by atoms with E-state index in [1.807, 2.05) is 0 Å². The number of hydrogen-bond acceptors (Lipinski definition) is 7. The number of carbonyl (C=O) groups is 1. The van der Waals surface area contributed by atoms with Gasteiger partial charge in [0.25, 0.3) is 0 Å². The Labute approximate surface area is 137 Å². The molecule has 0 fully saturated rings. The molecular weight excluding hydrogens is 321 g/mol. The average molecular weight is 343 g/mol. The summed E-state index contributed by atoms with van der Waals surface area (Å²) in [5, 5.41) is 12.2. The third kappa shape index (κ3) is 6.21. The zero-order valence-corrected chi connectivity index (χ0v) is 14.7. The van der Waals surface area contributed by atoms with Crippen molar-refractivity contribution in [2.75, 3.05) is 13.4 Å². The number of carbonyl (C=O) groups excluding carboxylic acids is 1. The second kappa shape index (κ2) is 7.80. The quantitative estimate of drug-likeness (QED) is 0.420. The normalized spacial score (nSPS) is 12.6. The molecule has 0 heterocycles. The van der Waals surface area contributed by atoms with Gasteiger partial charge in [-0.2, -0.15) is 8.42 Å². The van der Waals surface area contributed by atoms with E-state index in [9.17, 15) is 18.2 Å². The van der Waals surface area contributed by atoms with Gasteiger partial charge in [0.2, 0.25) is 0 Å². The van der Waals surface area contributed by atoms with Gasteiger partial charge in [0.1, 0.15) is 11.8 Å². The zero-order chi connectivity index (χ0) is 17.8. The SMILES string of the molecule is COC(=O)[C@H](Cc1c(C)cc(OS(C)(=O)=O)cc1C)NB(C)O. The molecule has 1 atom stereocenters. The van der Waals surface area contributed by atoms with E-state index in [1.54, 1.807) is 26.0 Å². The lowest BCUT2D eigenvalue weighted by atomic mass is 9.85. The number of rotatable bonds is 7. The monoisotopic (exact) mass is 343 g/mol. The lowest BCUT2D eigenvalue weighted by molar-refractivity contribution is -0.142. The Bertz CT molecular complexity index is 651. The largest absolute Gasteiger partial charge is 0.468 e. The third-order valence-corrected chi connectivity index (χ3v) is 3.75. The fraction of sp³-hybridized carbons (Fsp3) is 0.500. The summed E-state index contributed by atoms with van der Waals surface area (Å²) in [5.74, 6) is -0.259. The highest BCUT2D eigenvalue weighted by molar-refractivity contribution is 7.86. The van der Waals surface area contributed by atoms with E-state index in [4.69, 9.17) is 8.92 Å². The van der Waals surface area contributed by atoms with Gasteiger partial charge in [0.05, 0.1) is 13.4 Å². The third-order valence-electron chi connectivity index (χ3n) is 3.25. The highest BCUT2D eigenvalue weighted by Crippen LogP contribution is 2.24. The van der Waals surface area contributed by atoms with Crippen molar-refractivity contribution in [3.8, 4) is 5.75 Å². The van der Waals surface area contributed by atoms with Gasteiger partial charge >= 0.3 is 23.1 Å². The summed E-state index contributed by atoms with van der Waals surface area (Å²) in [4.78, 5) is 11.8. The number of ether oxygens (including phenoxy) is 1. The Hall–Kier alpha value is -1.58. The molecule has 0 aliphatic carbocycles. The van der Waals surface area contributed by atoms with E-state index in [0.717, 1.165) is 22.9 Å². The van der Waals surface area contributed by atoms with Gasteiger partial charge in [-0.05, 0) is 55.9 Å². The van der Waals surface area contributed by atoms with Crippen molar-refractivity contribution >= 4 is 23.1 Å². The van der Waals surface area contributed by atoms with Gasteiger partial charge in [-0.1, -0.05) is 0 Å². The molecule has 0 bridgehead atoms. The van der Waals surface area contributed by atoms with Gasteiger partial charge in [-0.3, -0.25) is 4.79 Å². The molecule has 1 rings (SSSR count). The summed E-state index contributed by atoms with van der Waals surface area (Å²) in [6, 6.07) is 2.49. The Morgan fingerprint density at radius 2 is 1.87 bits per heavy atom. The maximum absolute atomic E-state index is 11.8.